The lowest BCUT2D eigenvalue weighted by Gasteiger charge is -2.10. The van der Waals surface area contributed by atoms with Gasteiger partial charge in [-0.1, -0.05) is 0 Å². The molecule has 0 atom stereocenters. The number of hydrogen-bond acceptors (Lipinski definition) is 3. The summed E-state index contributed by atoms with van der Waals surface area (Å²) in [6.45, 7) is 0.0964. The SMILES string of the molecule is Nc1cc(F)cc(Br)c1OCc1cncc(F)c1. The third-order valence-electron chi connectivity index (χ3n) is 2.18. The van der Waals surface area contributed by atoms with E-state index in [9.17, 15) is 8.78 Å². The van der Waals surface area contributed by atoms with Crippen LogP contribution in [-0.2, 0) is 6.61 Å². The Bertz CT molecular complexity index is 555. The number of ether oxygens (including phenoxy) is 1. The Morgan fingerprint density at radius 2 is 1.94 bits per heavy atom. The smallest absolute Gasteiger partial charge is 0.157 e. The third-order valence-corrected chi connectivity index (χ3v) is 2.77. The second-order valence-corrected chi connectivity index (χ2v) is 4.46. The van der Waals surface area contributed by atoms with Crippen LogP contribution in [0.3, 0.4) is 0 Å². The van der Waals surface area contributed by atoms with Gasteiger partial charge in [0, 0.05) is 17.8 Å². The number of halogens is 3. The van der Waals surface area contributed by atoms with Crippen LogP contribution in [0.1, 0.15) is 5.56 Å². The average molecular weight is 315 g/mol. The number of nitrogens with zero attached hydrogens (tertiary/aromatic N) is 1. The van der Waals surface area contributed by atoms with Crippen LogP contribution < -0.4 is 10.5 Å². The van der Waals surface area contributed by atoms with Crippen molar-refractivity contribution in [3.63, 3.8) is 0 Å². The second-order valence-electron chi connectivity index (χ2n) is 3.61. The first-order valence-corrected chi connectivity index (χ1v) is 5.82. The Hall–Kier alpha value is -1.69. The maximum Gasteiger partial charge on any atom is 0.157 e. The summed E-state index contributed by atoms with van der Waals surface area (Å²) in [5.41, 5.74) is 6.36. The summed E-state index contributed by atoms with van der Waals surface area (Å²) < 4.78 is 31.7. The van der Waals surface area contributed by atoms with Crippen LogP contribution in [0.2, 0.25) is 0 Å². The van der Waals surface area contributed by atoms with Crippen LogP contribution in [-0.4, -0.2) is 4.98 Å². The molecule has 94 valence electrons. The largest absolute Gasteiger partial charge is 0.485 e. The van der Waals surface area contributed by atoms with Gasteiger partial charge in [-0.2, -0.15) is 0 Å². The van der Waals surface area contributed by atoms with Gasteiger partial charge >= 0.3 is 0 Å². The Morgan fingerprint density at radius 3 is 2.61 bits per heavy atom. The minimum Gasteiger partial charge on any atom is -0.485 e. The zero-order valence-electron chi connectivity index (χ0n) is 9.16. The highest BCUT2D eigenvalue weighted by atomic mass is 79.9. The van der Waals surface area contributed by atoms with Gasteiger partial charge in [-0.25, -0.2) is 8.78 Å². The Kier molecular flexibility index (Phi) is 3.76. The molecular formula is C12H9BrF2N2O. The molecular weight excluding hydrogens is 306 g/mol. The lowest BCUT2D eigenvalue weighted by atomic mass is 10.2. The fourth-order valence-electron chi connectivity index (χ4n) is 1.42. The molecule has 18 heavy (non-hydrogen) atoms. The number of hydrogen-bond donors (Lipinski definition) is 1. The monoisotopic (exact) mass is 314 g/mol. The summed E-state index contributed by atoms with van der Waals surface area (Å²) in [7, 11) is 0. The molecule has 0 fully saturated rings. The lowest BCUT2D eigenvalue weighted by molar-refractivity contribution is 0.304. The van der Waals surface area contributed by atoms with E-state index >= 15 is 0 Å². The summed E-state index contributed by atoms with van der Waals surface area (Å²) in [4.78, 5) is 3.70. The van der Waals surface area contributed by atoms with E-state index in [-0.39, 0.29) is 12.3 Å². The van der Waals surface area contributed by atoms with Gasteiger partial charge in [-0.3, -0.25) is 4.98 Å². The van der Waals surface area contributed by atoms with Gasteiger partial charge in [-0.05, 0) is 28.1 Å². The minimum atomic E-state index is -0.459. The lowest BCUT2D eigenvalue weighted by Crippen LogP contribution is -2.01. The molecule has 0 unspecified atom stereocenters. The topological polar surface area (TPSA) is 48.1 Å². The quantitative estimate of drug-likeness (QED) is 0.884. The van der Waals surface area contributed by atoms with Gasteiger partial charge in [0.1, 0.15) is 18.2 Å². The maximum absolute atomic E-state index is 13.0. The molecule has 3 nitrogen and oxygen atoms in total. The van der Waals surface area contributed by atoms with E-state index in [1.807, 2.05) is 0 Å². The molecule has 0 amide bonds. The Balaban J connectivity index is 2.16. The van der Waals surface area contributed by atoms with Crippen molar-refractivity contribution in [3.8, 4) is 5.75 Å². The minimum absolute atomic E-state index is 0.0964. The predicted octanol–water partition coefficient (Wildman–Crippen LogP) is 3.28. The molecule has 6 heteroatoms. The van der Waals surface area contributed by atoms with Crippen molar-refractivity contribution < 1.29 is 13.5 Å². The predicted molar refractivity (Wildman–Crippen MR) is 67.0 cm³/mol. The maximum atomic E-state index is 13.0. The van der Waals surface area contributed by atoms with Gasteiger partial charge in [0.25, 0.3) is 0 Å². The number of nitrogen functional groups attached to an aromatic ring is 1. The Morgan fingerprint density at radius 1 is 1.17 bits per heavy atom. The van der Waals surface area contributed by atoms with E-state index in [4.69, 9.17) is 10.5 Å². The molecule has 2 rings (SSSR count). The second kappa shape index (κ2) is 5.30. The molecule has 0 bridgehead atoms. The molecule has 1 aromatic carbocycles. The van der Waals surface area contributed by atoms with Crippen molar-refractivity contribution in [1.29, 1.82) is 0 Å². The number of nitrogens with two attached hydrogens (primary N) is 1. The molecule has 1 heterocycles. The first-order valence-electron chi connectivity index (χ1n) is 5.03. The fraction of sp³-hybridized carbons (Fsp3) is 0.0833. The fourth-order valence-corrected chi connectivity index (χ4v) is 1.98. The van der Waals surface area contributed by atoms with Crippen LogP contribution in [0.15, 0.2) is 35.1 Å². The number of aromatic nitrogens is 1. The molecule has 0 aliphatic heterocycles. The van der Waals surface area contributed by atoms with Gasteiger partial charge in [0.05, 0.1) is 16.4 Å². The van der Waals surface area contributed by atoms with Gasteiger partial charge in [-0.15, -0.1) is 0 Å². The average Bonchev–Trinajstić information content (AvgIpc) is 2.27. The van der Waals surface area contributed by atoms with Crippen molar-refractivity contribution >= 4 is 21.6 Å². The molecule has 0 saturated heterocycles. The molecule has 0 radical (unpaired) electrons. The molecule has 0 spiro atoms. The first kappa shape index (κ1) is 12.8. The molecule has 2 aromatic rings. The highest BCUT2D eigenvalue weighted by molar-refractivity contribution is 9.10. The summed E-state index contributed by atoms with van der Waals surface area (Å²) >= 11 is 3.15. The van der Waals surface area contributed by atoms with Crippen LogP contribution in [0.25, 0.3) is 0 Å². The van der Waals surface area contributed by atoms with E-state index in [1.165, 1.54) is 18.3 Å². The van der Waals surface area contributed by atoms with Crippen molar-refractivity contribution in [2.45, 2.75) is 6.61 Å². The molecule has 0 saturated carbocycles. The summed E-state index contributed by atoms with van der Waals surface area (Å²) in [5.74, 6) is -0.581. The number of rotatable bonds is 3. The first-order chi connectivity index (χ1) is 8.56. The van der Waals surface area contributed by atoms with E-state index in [1.54, 1.807) is 0 Å². The van der Waals surface area contributed by atoms with Crippen molar-refractivity contribution in [2.75, 3.05) is 5.73 Å². The van der Waals surface area contributed by atoms with Gasteiger partial charge in [0.2, 0.25) is 0 Å². The number of pyridine rings is 1. The van der Waals surface area contributed by atoms with Crippen molar-refractivity contribution in [2.24, 2.45) is 0 Å². The summed E-state index contributed by atoms with van der Waals surface area (Å²) in [6.07, 6.45) is 2.59. The standard InChI is InChI=1S/C12H9BrF2N2O/c13-10-2-8(14)3-11(16)12(10)18-6-7-1-9(15)5-17-4-7/h1-5H,6,16H2. The summed E-state index contributed by atoms with van der Waals surface area (Å²) in [6, 6.07) is 3.71. The third kappa shape index (κ3) is 2.95. The van der Waals surface area contributed by atoms with E-state index in [0.29, 0.717) is 15.8 Å². The normalized spacial score (nSPS) is 10.4. The van der Waals surface area contributed by atoms with Crippen molar-refractivity contribution in [3.05, 3.63) is 52.3 Å². The zero-order chi connectivity index (χ0) is 13.1. The van der Waals surface area contributed by atoms with E-state index < -0.39 is 11.6 Å². The number of benzene rings is 1. The summed E-state index contributed by atoms with van der Waals surface area (Å²) in [5, 5.41) is 0. The van der Waals surface area contributed by atoms with Crippen LogP contribution in [0.4, 0.5) is 14.5 Å². The van der Waals surface area contributed by atoms with Gasteiger partial charge in [0.15, 0.2) is 5.75 Å². The van der Waals surface area contributed by atoms with E-state index in [0.717, 1.165) is 12.3 Å². The molecule has 1 aromatic heterocycles. The molecule has 2 N–H and O–H groups in total. The number of anilines is 1. The molecule has 0 aliphatic carbocycles. The van der Waals surface area contributed by atoms with Gasteiger partial charge < -0.3 is 10.5 Å². The highest BCUT2D eigenvalue weighted by Gasteiger charge is 2.09. The van der Waals surface area contributed by atoms with Crippen LogP contribution >= 0.6 is 15.9 Å². The van der Waals surface area contributed by atoms with Crippen LogP contribution in [0, 0.1) is 11.6 Å². The van der Waals surface area contributed by atoms with Crippen molar-refractivity contribution in [1.82, 2.24) is 4.98 Å². The van der Waals surface area contributed by atoms with E-state index in [2.05, 4.69) is 20.9 Å². The van der Waals surface area contributed by atoms with Crippen LogP contribution in [0.5, 0.6) is 5.75 Å². The molecule has 0 aliphatic rings. The Labute approximate surface area is 111 Å². The highest BCUT2D eigenvalue weighted by Crippen LogP contribution is 2.32. The zero-order valence-corrected chi connectivity index (χ0v) is 10.7.